The number of benzene rings is 2. The number of quaternary nitrogens is 2. The van der Waals surface area contributed by atoms with E-state index in [0.717, 1.165) is 117 Å². The van der Waals surface area contributed by atoms with Gasteiger partial charge in [-0.25, -0.2) is 0 Å². The molecule has 332 valence electrons. The highest BCUT2D eigenvalue weighted by Crippen LogP contribution is 2.47. The first-order valence-corrected chi connectivity index (χ1v) is 21.1. The minimum Gasteiger partial charge on any atom is -1.00 e. The zero-order valence-electron chi connectivity index (χ0n) is 36.5. The van der Waals surface area contributed by atoms with E-state index in [-0.39, 0.29) is 58.1 Å². The smallest absolute Gasteiger partial charge is 0.306 e. The third-order valence-corrected chi connectivity index (χ3v) is 14.0. The van der Waals surface area contributed by atoms with Crippen molar-refractivity contribution in [1.82, 2.24) is 0 Å². The van der Waals surface area contributed by atoms with Gasteiger partial charge >= 0.3 is 11.9 Å². The van der Waals surface area contributed by atoms with E-state index in [1.54, 1.807) is 42.7 Å². The van der Waals surface area contributed by atoms with Gasteiger partial charge in [-0.1, -0.05) is 19.3 Å². The number of halogens is 2. The number of carbonyl (C=O) groups is 2. The van der Waals surface area contributed by atoms with Crippen molar-refractivity contribution in [1.29, 1.82) is 0 Å². The van der Waals surface area contributed by atoms with Gasteiger partial charge in [0, 0.05) is 75.3 Å². The number of piperidine rings is 2. The van der Waals surface area contributed by atoms with Crippen molar-refractivity contribution in [3.05, 3.63) is 35.4 Å². The minimum atomic E-state index is -0.0803. The number of hydrogen-bond acceptors (Lipinski definition) is 10. The maximum absolute atomic E-state index is 12.9. The van der Waals surface area contributed by atoms with E-state index < -0.39 is 0 Å². The summed E-state index contributed by atoms with van der Waals surface area (Å²) in [6.07, 6.45) is 13.6. The lowest BCUT2D eigenvalue weighted by molar-refractivity contribution is -0.961. The average Bonchev–Trinajstić information content (AvgIpc) is 3.42. The lowest BCUT2D eigenvalue weighted by Crippen LogP contribution is -3.00. The normalized spacial score (nSPS) is 27.7. The first-order chi connectivity index (χ1) is 27.5. The number of rotatable bonds is 20. The lowest BCUT2D eigenvalue weighted by atomic mass is 9.95. The fourth-order valence-corrected chi connectivity index (χ4v) is 10.9. The zero-order chi connectivity index (χ0) is 40.7. The highest BCUT2D eigenvalue weighted by molar-refractivity contribution is 5.70. The molecule has 59 heavy (non-hydrogen) atoms. The highest BCUT2D eigenvalue weighted by Gasteiger charge is 2.53. The predicted octanol–water partition coefficient (Wildman–Crippen LogP) is 1.54. The van der Waals surface area contributed by atoms with E-state index >= 15 is 0 Å². The van der Waals surface area contributed by atoms with E-state index in [4.69, 9.17) is 37.9 Å². The first-order valence-electron chi connectivity index (χ1n) is 21.1. The molecule has 0 saturated carbocycles. The van der Waals surface area contributed by atoms with Crippen LogP contribution in [0.4, 0.5) is 0 Å². The SMILES string of the molecule is COc1cc(C[N+]2(C)C3CCC2CC(OC(=O)CCCCCCCC(=O)OC2CC4CCC(C2)[N+]4(C)Cc2cc(OC)c(OC)c(OC)c2)C3)cc(OC)c1OC.[Br-].[Br-]. The lowest BCUT2D eigenvalue weighted by Gasteiger charge is -2.47. The van der Waals surface area contributed by atoms with Gasteiger partial charge in [-0.05, 0) is 37.1 Å². The summed E-state index contributed by atoms with van der Waals surface area (Å²) in [4.78, 5) is 25.8. The Labute approximate surface area is 373 Å². The molecular weight excluding hydrogens is 888 g/mol. The van der Waals surface area contributed by atoms with Crippen LogP contribution >= 0.6 is 0 Å². The highest BCUT2D eigenvalue weighted by atomic mass is 79.9. The van der Waals surface area contributed by atoms with Crippen LogP contribution in [0.2, 0.25) is 0 Å². The van der Waals surface area contributed by atoms with Crippen molar-refractivity contribution >= 4 is 11.9 Å². The number of esters is 2. The summed E-state index contributed by atoms with van der Waals surface area (Å²) in [6, 6.07) is 10.00. The molecule has 2 aromatic carbocycles. The van der Waals surface area contributed by atoms with Crippen molar-refractivity contribution in [2.75, 3.05) is 56.8 Å². The molecule has 6 rings (SSSR count). The molecule has 0 amide bonds. The topological polar surface area (TPSA) is 108 Å². The van der Waals surface area contributed by atoms with Crippen LogP contribution in [-0.4, -0.2) is 114 Å². The Balaban J connectivity index is 0.00000384. The van der Waals surface area contributed by atoms with Gasteiger partial charge in [0.25, 0.3) is 0 Å². The van der Waals surface area contributed by atoms with E-state index in [9.17, 15) is 9.59 Å². The van der Waals surface area contributed by atoms with Crippen LogP contribution in [0.25, 0.3) is 0 Å². The zero-order valence-corrected chi connectivity index (χ0v) is 39.7. The number of carbonyl (C=O) groups excluding carboxylic acids is 2. The van der Waals surface area contributed by atoms with Gasteiger partial charge in [0.15, 0.2) is 23.0 Å². The molecule has 0 aliphatic carbocycles. The Bertz CT molecular complexity index is 1510. The molecule has 0 spiro atoms. The molecule has 0 aromatic heterocycles. The Hall–Kier alpha value is -2.94. The monoisotopic (exact) mass is 954 g/mol. The molecule has 0 radical (unpaired) electrons. The molecule has 4 bridgehead atoms. The van der Waals surface area contributed by atoms with E-state index in [1.807, 2.05) is 0 Å². The maximum atomic E-state index is 12.9. The van der Waals surface area contributed by atoms with Gasteiger partial charge in [-0.2, -0.15) is 0 Å². The molecule has 12 nitrogen and oxygen atoms in total. The van der Waals surface area contributed by atoms with Crippen LogP contribution < -0.4 is 62.4 Å². The summed E-state index contributed by atoms with van der Waals surface area (Å²) in [5, 5.41) is 0. The Morgan fingerprint density at radius 2 is 0.780 bits per heavy atom. The molecule has 14 heteroatoms. The van der Waals surface area contributed by atoms with Crippen molar-refractivity contribution < 1.29 is 90.4 Å². The van der Waals surface area contributed by atoms with Crippen LogP contribution in [0.1, 0.15) is 107 Å². The molecule has 4 aliphatic rings. The van der Waals surface area contributed by atoms with Crippen molar-refractivity contribution in [3.63, 3.8) is 0 Å². The molecule has 4 saturated heterocycles. The standard InChI is InChI=1S/C45H68N2O10.2BrH/c1-46(28-30-20-38(50-3)44(54-7)39(21-30)51-4)32-16-17-33(46)25-36(24-32)56-42(48)14-12-10-9-11-13-15-43(49)57-37-26-34-18-19-35(27-37)47(34,2)29-31-22-40(52-5)45(55-8)41(23-31)53-6;;/h20-23,32-37H,9-19,24-29H2,1-8H3;2*1H/q+2;;/p-2. The Morgan fingerprint density at radius 3 is 1.05 bits per heavy atom. The number of ether oxygens (including phenoxy) is 8. The maximum Gasteiger partial charge on any atom is 0.306 e. The molecule has 4 fully saturated rings. The van der Waals surface area contributed by atoms with Gasteiger partial charge in [-0.3, -0.25) is 9.59 Å². The Morgan fingerprint density at radius 1 is 0.492 bits per heavy atom. The van der Waals surface area contributed by atoms with Gasteiger partial charge < -0.3 is 80.8 Å². The van der Waals surface area contributed by atoms with Crippen LogP contribution in [-0.2, 0) is 32.2 Å². The van der Waals surface area contributed by atoms with Gasteiger partial charge in [-0.15, -0.1) is 0 Å². The fourth-order valence-electron chi connectivity index (χ4n) is 10.9. The quantitative estimate of drug-likeness (QED) is 0.110. The predicted molar refractivity (Wildman–Crippen MR) is 216 cm³/mol. The molecule has 4 heterocycles. The largest absolute Gasteiger partial charge is 1.00 e. The van der Waals surface area contributed by atoms with Gasteiger partial charge in [0.2, 0.25) is 11.5 Å². The third-order valence-electron chi connectivity index (χ3n) is 14.0. The summed E-state index contributed by atoms with van der Waals surface area (Å²) < 4.78 is 47.5. The Kier molecular flexibility index (Phi) is 17.9. The third kappa shape index (κ3) is 10.9. The number of unbranched alkanes of at least 4 members (excludes halogenated alkanes) is 4. The van der Waals surface area contributed by atoms with E-state index in [0.29, 0.717) is 71.5 Å². The van der Waals surface area contributed by atoms with E-state index in [1.165, 1.54) is 0 Å². The summed E-state index contributed by atoms with van der Waals surface area (Å²) >= 11 is 0. The first kappa shape index (κ1) is 48.7. The molecule has 4 aliphatic heterocycles. The fraction of sp³-hybridized carbons (Fsp3) is 0.689. The summed E-state index contributed by atoms with van der Waals surface area (Å²) in [5.41, 5.74) is 2.31. The van der Waals surface area contributed by atoms with Crippen molar-refractivity contribution in [3.8, 4) is 34.5 Å². The molecule has 4 unspecified atom stereocenters. The number of nitrogens with zero attached hydrogens (tertiary/aromatic N) is 2. The van der Waals surface area contributed by atoms with Gasteiger partial charge in [0.05, 0.1) is 80.9 Å². The number of fused-ring (bicyclic) bond motifs is 4. The second-order valence-corrected chi connectivity index (χ2v) is 17.3. The average molecular weight is 957 g/mol. The van der Waals surface area contributed by atoms with Crippen LogP contribution in [0, 0.1) is 0 Å². The number of hydrogen-bond donors (Lipinski definition) is 0. The van der Waals surface area contributed by atoms with Crippen LogP contribution in [0.3, 0.4) is 0 Å². The molecule has 0 N–H and O–H groups in total. The summed E-state index contributed by atoms with van der Waals surface area (Å²) in [6.45, 7) is 1.73. The molecular formula is C45H68Br2N2O10. The summed E-state index contributed by atoms with van der Waals surface area (Å²) in [7, 11) is 14.5. The van der Waals surface area contributed by atoms with Gasteiger partial charge in [0.1, 0.15) is 25.3 Å². The molecule has 4 atom stereocenters. The van der Waals surface area contributed by atoms with Crippen LogP contribution in [0.15, 0.2) is 24.3 Å². The second-order valence-electron chi connectivity index (χ2n) is 17.3. The summed E-state index contributed by atoms with van der Waals surface area (Å²) in [5.74, 6) is 3.75. The van der Waals surface area contributed by atoms with Crippen LogP contribution in [0.5, 0.6) is 34.5 Å². The van der Waals surface area contributed by atoms with E-state index in [2.05, 4.69) is 38.4 Å². The van der Waals surface area contributed by atoms with Crippen molar-refractivity contribution in [2.24, 2.45) is 0 Å². The minimum absolute atomic E-state index is 0. The molecule has 2 aromatic rings. The van der Waals surface area contributed by atoms with Crippen molar-refractivity contribution in [2.45, 2.75) is 146 Å². The number of methoxy groups -OCH3 is 6. The second kappa shape index (κ2) is 21.7.